The van der Waals surface area contributed by atoms with Crippen molar-refractivity contribution in [3.05, 3.63) is 87.9 Å². The first-order chi connectivity index (χ1) is 17.3. The third-order valence-corrected chi connectivity index (χ3v) is 7.30. The molecule has 0 bridgehead atoms. The van der Waals surface area contributed by atoms with Crippen molar-refractivity contribution >= 4 is 55.7 Å². The molecule has 36 heavy (non-hydrogen) atoms. The molecule has 1 unspecified atom stereocenters. The largest absolute Gasteiger partial charge is 0.507 e. The first kappa shape index (κ1) is 23.8. The molecule has 1 saturated heterocycles. The van der Waals surface area contributed by atoms with Crippen LogP contribution in [0.2, 0.25) is 5.02 Å². The molecule has 2 heterocycles. The number of aliphatic hydroxyl groups is 1. The van der Waals surface area contributed by atoms with Gasteiger partial charge in [-0.05, 0) is 67.1 Å². The molecular weight excluding hydrogens is 500 g/mol. The van der Waals surface area contributed by atoms with E-state index in [4.69, 9.17) is 21.1 Å². The SMILES string of the molecule is COc1ccc(OC)c(C2/C(=C(\O)c3ccc(Cl)cc3)C(=O)C(=O)N2c2nc3ccc(C)cc3s2)c1. The Kier molecular flexibility index (Phi) is 6.15. The van der Waals surface area contributed by atoms with E-state index in [1.165, 1.54) is 30.5 Å². The third kappa shape index (κ3) is 3.98. The molecule has 5 rings (SSSR count). The Balaban J connectivity index is 1.78. The fraction of sp³-hybridized carbons (Fsp3) is 0.148. The molecule has 0 aliphatic carbocycles. The Labute approximate surface area is 216 Å². The summed E-state index contributed by atoms with van der Waals surface area (Å²) >= 11 is 7.31. The first-order valence-corrected chi connectivity index (χ1v) is 12.2. The number of carbonyl (C=O) groups is 2. The number of amides is 1. The maximum atomic E-state index is 13.5. The molecule has 1 N–H and O–H groups in total. The molecule has 1 amide bonds. The number of fused-ring (bicyclic) bond motifs is 1. The van der Waals surface area contributed by atoms with E-state index in [1.54, 1.807) is 42.5 Å². The predicted octanol–water partition coefficient (Wildman–Crippen LogP) is 5.90. The average molecular weight is 521 g/mol. The van der Waals surface area contributed by atoms with E-state index < -0.39 is 17.7 Å². The summed E-state index contributed by atoms with van der Waals surface area (Å²) in [6, 6.07) is 16.2. The third-order valence-electron chi connectivity index (χ3n) is 6.03. The maximum absolute atomic E-state index is 13.5. The number of Topliss-reactive ketones (excluding diaryl/α,β-unsaturated/α-hetero) is 1. The van der Waals surface area contributed by atoms with Gasteiger partial charge < -0.3 is 14.6 Å². The van der Waals surface area contributed by atoms with Crippen LogP contribution in [0.25, 0.3) is 16.0 Å². The molecule has 7 nitrogen and oxygen atoms in total. The number of ketones is 1. The van der Waals surface area contributed by atoms with Crippen LogP contribution in [0.1, 0.15) is 22.7 Å². The van der Waals surface area contributed by atoms with Crippen molar-refractivity contribution < 1.29 is 24.2 Å². The molecular formula is C27H21ClN2O5S. The lowest BCUT2D eigenvalue weighted by Crippen LogP contribution is -2.29. The van der Waals surface area contributed by atoms with Crippen LogP contribution in [-0.4, -0.2) is 36.0 Å². The van der Waals surface area contributed by atoms with Gasteiger partial charge in [0.25, 0.3) is 5.78 Å². The Morgan fingerprint density at radius 3 is 2.47 bits per heavy atom. The summed E-state index contributed by atoms with van der Waals surface area (Å²) < 4.78 is 11.9. The zero-order valence-electron chi connectivity index (χ0n) is 19.6. The van der Waals surface area contributed by atoms with Gasteiger partial charge in [0, 0.05) is 16.1 Å². The number of methoxy groups -OCH3 is 2. The van der Waals surface area contributed by atoms with Gasteiger partial charge in [-0.1, -0.05) is 29.0 Å². The van der Waals surface area contributed by atoms with Gasteiger partial charge in [0.15, 0.2) is 5.13 Å². The highest BCUT2D eigenvalue weighted by Crippen LogP contribution is 2.47. The number of thiazole rings is 1. The quantitative estimate of drug-likeness (QED) is 0.200. The topological polar surface area (TPSA) is 89.0 Å². The van der Waals surface area contributed by atoms with Crippen molar-refractivity contribution in [2.24, 2.45) is 0 Å². The Morgan fingerprint density at radius 2 is 1.78 bits per heavy atom. The van der Waals surface area contributed by atoms with E-state index in [1.807, 2.05) is 25.1 Å². The number of rotatable bonds is 5. The number of hydrogen-bond donors (Lipinski definition) is 1. The summed E-state index contributed by atoms with van der Waals surface area (Å²) in [5.41, 5.74) is 2.50. The Hall–Kier alpha value is -3.88. The molecule has 1 atom stereocenters. The number of halogens is 1. The highest BCUT2D eigenvalue weighted by Gasteiger charge is 2.49. The van der Waals surface area contributed by atoms with Gasteiger partial charge in [-0.25, -0.2) is 4.98 Å². The van der Waals surface area contributed by atoms with Crippen molar-refractivity contribution in [2.75, 3.05) is 19.1 Å². The monoisotopic (exact) mass is 520 g/mol. The second kappa shape index (κ2) is 9.29. The van der Waals surface area contributed by atoms with Gasteiger partial charge >= 0.3 is 5.91 Å². The number of aryl methyl sites for hydroxylation is 1. The number of ether oxygens (including phenoxy) is 2. The summed E-state index contributed by atoms with van der Waals surface area (Å²) in [6.45, 7) is 1.97. The van der Waals surface area contributed by atoms with Crippen LogP contribution < -0.4 is 14.4 Å². The number of anilines is 1. The maximum Gasteiger partial charge on any atom is 0.301 e. The summed E-state index contributed by atoms with van der Waals surface area (Å²) in [5.74, 6) is -1.02. The van der Waals surface area contributed by atoms with Crippen LogP contribution in [0.3, 0.4) is 0 Å². The minimum absolute atomic E-state index is 0.0793. The van der Waals surface area contributed by atoms with Gasteiger partial charge in [0.2, 0.25) is 0 Å². The fourth-order valence-corrected chi connectivity index (χ4v) is 5.48. The van der Waals surface area contributed by atoms with Gasteiger partial charge in [-0.2, -0.15) is 0 Å². The zero-order chi connectivity index (χ0) is 25.6. The van der Waals surface area contributed by atoms with E-state index in [-0.39, 0.29) is 11.3 Å². The number of benzene rings is 3. The van der Waals surface area contributed by atoms with Crippen molar-refractivity contribution in [2.45, 2.75) is 13.0 Å². The number of aliphatic hydroxyl groups excluding tert-OH is 1. The number of nitrogens with zero attached hydrogens (tertiary/aromatic N) is 2. The number of carbonyl (C=O) groups excluding carboxylic acids is 2. The van der Waals surface area contributed by atoms with Crippen LogP contribution >= 0.6 is 22.9 Å². The number of aromatic nitrogens is 1. The van der Waals surface area contributed by atoms with Crippen molar-refractivity contribution in [3.8, 4) is 11.5 Å². The normalized spacial score (nSPS) is 17.1. The molecule has 4 aromatic rings. The van der Waals surface area contributed by atoms with Gasteiger partial charge in [0.1, 0.15) is 23.3 Å². The lowest BCUT2D eigenvalue weighted by atomic mass is 9.94. The molecule has 1 aromatic heterocycles. The van der Waals surface area contributed by atoms with E-state index >= 15 is 0 Å². The molecule has 0 radical (unpaired) electrons. The van der Waals surface area contributed by atoms with E-state index in [0.717, 1.165) is 10.3 Å². The van der Waals surface area contributed by atoms with E-state index in [9.17, 15) is 14.7 Å². The molecule has 1 fully saturated rings. The smallest absolute Gasteiger partial charge is 0.301 e. The zero-order valence-corrected chi connectivity index (χ0v) is 21.2. The summed E-state index contributed by atoms with van der Waals surface area (Å²) in [5, 5.41) is 12.1. The minimum Gasteiger partial charge on any atom is -0.507 e. The van der Waals surface area contributed by atoms with E-state index in [2.05, 4.69) is 4.98 Å². The summed E-state index contributed by atoms with van der Waals surface area (Å²) in [6.07, 6.45) is 0. The molecule has 0 spiro atoms. The second-order valence-corrected chi connectivity index (χ2v) is 9.70. The summed E-state index contributed by atoms with van der Waals surface area (Å²) in [4.78, 5) is 32.9. The molecule has 9 heteroatoms. The lowest BCUT2D eigenvalue weighted by Gasteiger charge is -2.25. The van der Waals surface area contributed by atoms with Crippen LogP contribution in [0.15, 0.2) is 66.2 Å². The van der Waals surface area contributed by atoms with Crippen molar-refractivity contribution in [1.29, 1.82) is 0 Å². The fourth-order valence-electron chi connectivity index (χ4n) is 4.26. The summed E-state index contributed by atoms with van der Waals surface area (Å²) in [7, 11) is 3.02. The minimum atomic E-state index is -1.01. The predicted molar refractivity (Wildman–Crippen MR) is 140 cm³/mol. The molecule has 0 saturated carbocycles. The van der Waals surface area contributed by atoms with Gasteiger partial charge in [-0.15, -0.1) is 0 Å². The lowest BCUT2D eigenvalue weighted by molar-refractivity contribution is -0.132. The van der Waals surface area contributed by atoms with Crippen molar-refractivity contribution in [1.82, 2.24) is 4.98 Å². The second-order valence-electron chi connectivity index (χ2n) is 8.25. The highest BCUT2D eigenvalue weighted by molar-refractivity contribution is 7.22. The van der Waals surface area contributed by atoms with Gasteiger partial charge in [0.05, 0.1) is 30.0 Å². The van der Waals surface area contributed by atoms with Crippen LogP contribution in [0.4, 0.5) is 5.13 Å². The first-order valence-electron chi connectivity index (χ1n) is 11.0. The van der Waals surface area contributed by atoms with Gasteiger partial charge in [-0.3, -0.25) is 14.5 Å². The number of hydrogen-bond acceptors (Lipinski definition) is 7. The average Bonchev–Trinajstić information content (AvgIpc) is 3.41. The molecule has 182 valence electrons. The standard InChI is InChI=1S/C27H21ClN2O5S/c1-14-4-10-19-21(12-14)36-27(29-19)30-23(18-13-17(34-2)9-11-20(18)35-3)22(25(32)26(30)33)24(31)15-5-7-16(28)8-6-15/h4-13,23,31H,1-3H3/b24-22+. The van der Waals surface area contributed by atoms with Crippen LogP contribution in [-0.2, 0) is 9.59 Å². The highest BCUT2D eigenvalue weighted by atomic mass is 35.5. The molecule has 1 aliphatic heterocycles. The van der Waals surface area contributed by atoms with Crippen LogP contribution in [0, 0.1) is 6.92 Å². The Bertz CT molecular complexity index is 1540. The molecule has 1 aliphatic rings. The van der Waals surface area contributed by atoms with Crippen molar-refractivity contribution in [3.63, 3.8) is 0 Å². The molecule has 3 aromatic carbocycles. The Morgan fingerprint density at radius 1 is 1.03 bits per heavy atom. The van der Waals surface area contributed by atoms with Crippen LogP contribution in [0.5, 0.6) is 11.5 Å². The van der Waals surface area contributed by atoms with E-state index in [0.29, 0.717) is 38.3 Å².